The lowest BCUT2D eigenvalue weighted by Gasteiger charge is -2.59. The van der Waals surface area contributed by atoms with E-state index in [-0.39, 0.29) is 11.0 Å². The Morgan fingerprint density at radius 1 is 1.19 bits per heavy atom. The monoisotopic (exact) mass is 362 g/mol. The Morgan fingerprint density at radius 3 is 2.89 bits per heavy atom. The van der Waals surface area contributed by atoms with Gasteiger partial charge in [-0.15, -0.1) is 0 Å². The van der Waals surface area contributed by atoms with Crippen molar-refractivity contribution in [1.82, 2.24) is 9.88 Å². The van der Waals surface area contributed by atoms with Crippen LogP contribution < -0.4 is 0 Å². The number of hydrogen-bond donors (Lipinski definition) is 0. The molecule has 2 fully saturated rings. The fraction of sp³-hybridized carbons (Fsp3) is 0.583. The van der Waals surface area contributed by atoms with Crippen LogP contribution in [-0.2, 0) is 4.79 Å². The molecule has 0 spiro atoms. The van der Waals surface area contributed by atoms with Gasteiger partial charge in [0, 0.05) is 30.9 Å². The van der Waals surface area contributed by atoms with Crippen molar-refractivity contribution in [1.29, 1.82) is 0 Å². The molecule has 0 radical (unpaired) electrons. The molecule has 0 aromatic carbocycles. The first-order chi connectivity index (χ1) is 13.0. The van der Waals surface area contributed by atoms with Crippen molar-refractivity contribution in [2.24, 2.45) is 23.2 Å². The maximum absolute atomic E-state index is 12.7. The van der Waals surface area contributed by atoms with Crippen LogP contribution in [0.25, 0.3) is 5.57 Å². The number of pyridine rings is 1. The number of aromatic nitrogens is 1. The summed E-state index contributed by atoms with van der Waals surface area (Å²) in [7, 11) is 0. The van der Waals surface area contributed by atoms with Gasteiger partial charge in [0.1, 0.15) is 0 Å². The molecular formula is C24H30N2O. The van der Waals surface area contributed by atoms with Crippen LogP contribution in [0.3, 0.4) is 0 Å². The van der Waals surface area contributed by atoms with Crippen LogP contribution in [0, 0.1) is 23.2 Å². The predicted octanol–water partition coefficient (Wildman–Crippen LogP) is 4.86. The van der Waals surface area contributed by atoms with E-state index in [1.807, 2.05) is 12.4 Å². The third-order valence-corrected chi connectivity index (χ3v) is 8.38. The number of fused-ring (bicyclic) bond motifs is 5. The summed E-state index contributed by atoms with van der Waals surface area (Å²) >= 11 is 0. The molecule has 3 nitrogen and oxygen atoms in total. The van der Waals surface area contributed by atoms with E-state index in [4.69, 9.17) is 0 Å². The Bertz CT molecular complexity index is 813. The van der Waals surface area contributed by atoms with Crippen LogP contribution in [-0.4, -0.2) is 27.9 Å². The number of carbonyl (C=O) groups is 1. The summed E-state index contributed by atoms with van der Waals surface area (Å²) in [6.07, 6.45) is 17.1. The Kier molecular flexibility index (Phi) is 3.86. The average Bonchev–Trinajstić information content (AvgIpc) is 2.95. The largest absolute Gasteiger partial charge is 0.336 e. The number of hydrogen-bond acceptors (Lipinski definition) is 2. The number of carbonyl (C=O) groups excluding carboxylic acids is 1. The lowest BCUT2D eigenvalue weighted by atomic mass is 9.52. The van der Waals surface area contributed by atoms with Gasteiger partial charge >= 0.3 is 0 Å². The molecule has 1 amide bonds. The zero-order valence-electron chi connectivity index (χ0n) is 16.5. The molecule has 3 unspecified atom stereocenters. The van der Waals surface area contributed by atoms with E-state index in [9.17, 15) is 4.79 Å². The van der Waals surface area contributed by atoms with Gasteiger partial charge in [-0.2, -0.15) is 0 Å². The maximum atomic E-state index is 12.7. The molecule has 5 atom stereocenters. The van der Waals surface area contributed by atoms with Gasteiger partial charge in [-0.3, -0.25) is 9.78 Å². The first kappa shape index (κ1) is 17.2. The van der Waals surface area contributed by atoms with E-state index in [1.165, 1.54) is 36.8 Å². The topological polar surface area (TPSA) is 33.2 Å². The van der Waals surface area contributed by atoms with Gasteiger partial charge in [-0.25, -0.2) is 0 Å². The minimum atomic E-state index is 0.00534. The highest BCUT2D eigenvalue weighted by Crippen LogP contribution is 2.63. The summed E-state index contributed by atoms with van der Waals surface area (Å²) in [5.74, 6) is 2.37. The highest BCUT2D eigenvalue weighted by molar-refractivity contribution is 5.79. The minimum Gasteiger partial charge on any atom is -0.336 e. The Morgan fingerprint density at radius 2 is 2.07 bits per heavy atom. The van der Waals surface area contributed by atoms with Crippen LogP contribution in [0.5, 0.6) is 0 Å². The van der Waals surface area contributed by atoms with Gasteiger partial charge < -0.3 is 4.90 Å². The van der Waals surface area contributed by atoms with Crippen LogP contribution >= 0.6 is 0 Å². The predicted molar refractivity (Wildman–Crippen MR) is 108 cm³/mol. The maximum Gasteiger partial charge on any atom is 0.226 e. The second-order valence-electron chi connectivity index (χ2n) is 9.50. The van der Waals surface area contributed by atoms with Crippen molar-refractivity contribution < 1.29 is 4.79 Å². The third kappa shape index (κ3) is 2.40. The lowest BCUT2D eigenvalue weighted by Crippen LogP contribution is -2.62. The van der Waals surface area contributed by atoms with E-state index >= 15 is 0 Å². The van der Waals surface area contributed by atoms with Crippen molar-refractivity contribution in [2.45, 2.75) is 57.9 Å². The Labute approximate surface area is 162 Å². The van der Waals surface area contributed by atoms with Gasteiger partial charge in [-0.1, -0.05) is 31.2 Å². The molecule has 3 heteroatoms. The molecule has 1 saturated carbocycles. The van der Waals surface area contributed by atoms with Crippen LogP contribution in [0.4, 0.5) is 0 Å². The zero-order chi connectivity index (χ0) is 18.6. The molecule has 1 aromatic rings. The van der Waals surface area contributed by atoms with Crippen LogP contribution in [0.2, 0.25) is 0 Å². The molecule has 1 saturated heterocycles. The standard InChI is InChI=1S/C24H30N2O/c1-23-13-10-21-18(11-15-26-22(27)7-3-4-12-24(21,26)2)20(23)9-8-19(23)17-6-5-14-25-16-17/h3-6,8,14,16,18,20-21H,7,9-13,15H2,1-2H3/t18?,20?,21?,23-,24-/m1/s1. The summed E-state index contributed by atoms with van der Waals surface area (Å²) in [6, 6.07) is 4.28. The zero-order valence-corrected chi connectivity index (χ0v) is 16.5. The third-order valence-electron chi connectivity index (χ3n) is 8.38. The fourth-order valence-electron chi connectivity index (χ4n) is 7.02. The first-order valence-electron chi connectivity index (χ1n) is 10.6. The lowest BCUT2D eigenvalue weighted by molar-refractivity contribution is -0.149. The number of allylic oxidation sites excluding steroid dienone is 2. The van der Waals surface area contributed by atoms with E-state index in [1.54, 1.807) is 0 Å². The van der Waals surface area contributed by atoms with Crippen molar-refractivity contribution in [3.05, 3.63) is 48.3 Å². The Hall–Kier alpha value is -1.90. The molecular weight excluding hydrogens is 332 g/mol. The summed E-state index contributed by atoms with van der Waals surface area (Å²) in [5.41, 5.74) is 3.08. The van der Waals surface area contributed by atoms with Gasteiger partial charge in [0.25, 0.3) is 0 Å². The highest BCUT2D eigenvalue weighted by Gasteiger charge is 2.58. The number of piperidine rings is 1. The van der Waals surface area contributed by atoms with Gasteiger partial charge in [0.2, 0.25) is 5.91 Å². The molecule has 1 aromatic heterocycles. The van der Waals surface area contributed by atoms with Crippen LogP contribution in [0.1, 0.15) is 57.9 Å². The molecule has 5 rings (SSSR count). The number of rotatable bonds is 1. The Balaban J connectivity index is 1.48. The van der Waals surface area contributed by atoms with E-state index < -0.39 is 0 Å². The molecule has 4 aliphatic rings. The van der Waals surface area contributed by atoms with Gasteiger partial charge in [0.15, 0.2) is 0 Å². The molecule has 27 heavy (non-hydrogen) atoms. The molecule has 2 aliphatic heterocycles. The summed E-state index contributed by atoms with van der Waals surface area (Å²) in [5, 5.41) is 0. The summed E-state index contributed by atoms with van der Waals surface area (Å²) in [6.45, 7) is 5.80. The van der Waals surface area contributed by atoms with Crippen LogP contribution in [0.15, 0.2) is 42.8 Å². The average molecular weight is 363 g/mol. The summed E-state index contributed by atoms with van der Waals surface area (Å²) < 4.78 is 0. The van der Waals surface area contributed by atoms with Crippen molar-refractivity contribution in [3.8, 4) is 0 Å². The van der Waals surface area contributed by atoms with Crippen molar-refractivity contribution in [3.63, 3.8) is 0 Å². The molecule has 0 N–H and O–H groups in total. The van der Waals surface area contributed by atoms with Gasteiger partial charge in [0.05, 0.1) is 0 Å². The number of amides is 1. The number of nitrogens with zero attached hydrogens (tertiary/aromatic N) is 2. The quantitative estimate of drug-likeness (QED) is 0.669. The van der Waals surface area contributed by atoms with E-state index in [0.29, 0.717) is 24.2 Å². The van der Waals surface area contributed by atoms with Crippen molar-refractivity contribution >= 4 is 11.5 Å². The molecule has 3 heterocycles. The SMILES string of the molecule is C[C@]12CCC3C(CCN4C(=O)CC=CC[C@]34C)C1CC=C2c1cccnc1. The molecule has 2 aliphatic carbocycles. The van der Waals surface area contributed by atoms with Crippen molar-refractivity contribution in [2.75, 3.05) is 6.54 Å². The van der Waals surface area contributed by atoms with E-state index in [0.717, 1.165) is 18.9 Å². The highest BCUT2D eigenvalue weighted by atomic mass is 16.2. The second-order valence-corrected chi connectivity index (χ2v) is 9.50. The second kappa shape index (κ2) is 6.05. The minimum absolute atomic E-state index is 0.00534. The normalized spacial score (nSPS) is 40.7. The first-order valence-corrected chi connectivity index (χ1v) is 10.6. The summed E-state index contributed by atoms with van der Waals surface area (Å²) in [4.78, 5) is 19.3. The van der Waals surface area contributed by atoms with E-state index in [2.05, 4.69) is 54.1 Å². The molecule has 142 valence electrons. The van der Waals surface area contributed by atoms with Gasteiger partial charge in [-0.05, 0) is 79.4 Å². The smallest absolute Gasteiger partial charge is 0.226 e. The fourth-order valence-corrected chi connectivity index (χ4v) is 7.02. The molecule has 0 bridgehead atoms.